The molecule has 0 aromatic heterocycles. The topological polar surface area (TPSA) is 23.6 Å². The summed E-state index contributed by atoms with van der Waals surface area (Å²) in [6.45, 7) is 6.62. The number of rotatable bonds is 2. The molecular formula is C15H19ClN2O. The molecule has 4 heteroatoms. The second-order valence-electron chi connectivity index (χ2n) is 5.73. The van der Waals surface area contributed by atoms with Gasteiger partial charge in [0.15, 0.2) is 0 Å². The van der Waals surface area contributed by atoms with E-state index >= 15 is 0 Å². The molecule has 2 saturated heterocycles. The maximum Gasteiger partial charge on any atom is 0.219 e. The smallest absolute Gasteiger partial charge is 0.219 e. The zero-order valence-corrected chi connectivity index (χ0v) is 11.9. The first-order valence-electron chi connectivity index (χ1n) is 6.85. The molecule has 1 aromatic rings. The van der Waals surface area contributed by atoms with E-state index in [0.29, 0.717) is 11.8 Å². The molecule has 1 amide bonds. The fourth-order valence-electron chi connectivity index (χ4n) is 3.34. The van der Waals surface area contributed by atoms with Crippen LogP contribution in [-0.2, 0) is 11.3 Å². The monoisotopic (exact) mass is 278 g/mol. The van der Waals surface area contributed by atoms with Crippen LogP contribution in [0.4, 0.5) is 0 Å². The van der Waals surface area contributed by atoms with E-state index in [4.69, 9.17) is 11.6 Å². The second-order valence-corrected chi connectivity index (χ2v) is 6.14. The predicted octanol–water partition coefficient (Wildman–Crippen LogP) is 2.25. The normalized spacial score (nSPS) is 26.7. The lowest BCUT2D eigenvalue weighted by atomic mass is 10.0. The Morgan fingerprint density at radius 3 is 2.42 bits per heavy atom. The van der Waals surface area contributed by atoms with E-state index in [1.165, 1.54) is 5.56 Å². The largest absolute Gasteiger partial charge is 0.342 e. The molecule has 2 atom stereocenters. The molecule has 102 valence electrons. The van der Waals surface area contributed by atoms with Gasteiger partial charge in [0.2, 0.25) is 5.91 Å². The fourth-order valence-corrected chi connectivity index (χ4v) is 3.54. The zero-order valence-electron chi connectivity index (χ0n) is 11.2. The fraction of sp³-hybridized carbons (Fsp3) is 0.533. The number of hydrogen-bond acceptors (Lipinski definition) is 2. The third-order valence-corrected chi connectivity index (χ3v) is 4.73. The highest BCUT2D eigenvalue weighted by molar-refractivity contribution is 6.31. The van der Waals surface area contributed by atoms with Crippen molar-refractivity contribution in [2.24, 2.45) is 11.8 Å². The summed E-state index contributed by atoms with van der Waals surface area (Å²) in [5.41, 5.74) is 1.20. The summed E-state index contributed by atoms with van der Waals surface area (Å²) in [5, 5.41) is 0.852. The zero-order chi connectivity index (χ0) is 13.4. The third kappa shape index (κ3) is 2.63. The van der Waals surface area contributed by atoms with Gasteiger partial charge >= 0.3 is 0 Å². The van der Waals surface area contributed by atoms with E-state index in [1.54, 1.807) is 6.92 Å². The van der Waals surface area contributed by atoms with Crippen molar-refractivity contribution in [3.8, 4) is 0 Å². The molecule has 0 radical (unpaired) electrons. The maximum atomic E-state index is 11.4. The molecule has 0 aliphatic carbocycles. The van der Waals surface area contributed by atoms with Crippen molar-refractivity contribution in [2.45, 2.75) is 13.5 Å². The molecule has 1 aromatic carbocycles. The van der Waals surface area contributed by atoms with Gasteiger partial charge in [-0.25, -0.2) is 0 Å². The van der Waals surface area contributed by atoms with Gasteiger partial charge in [0.05, 0.1) is 0 Å². The Morgan fingerprint density at radius 1 is 1.21 bits per heavy atom. The van der Waals surface area contributed by atoms with Crippen LogP contribution >= 0.6 is 11.6 Å². The van der Waals surface area contributed by atoms with Crippen LogP contribution in [0.5, 0.6) is 0 Å². The molecule has 3 nitrogen and oxygen atoms in total. The molecule has 2 unspecified atom stereocenters. The van der Waals surface area contributed by atoms with Crippen molar-refractivity contribution in [1.29, 1.82) is 0 Å². The predicted molar refractivity (Wildman–Crippen MR) is 76.0 cm³/mol. The van der Waals surface area contributed by atoms with Crippen LogP contribution in [0, 0.1) is 11.8 Å². The van der Waals surface area contributed by atoms with E-state index in [0.717, 1.165) is 37.7 Å². The molecular weight excluding hydrogens is 260 g/mol. The first-order chi connectivity index (χ1) is 9.13. The SMILES string of the molecule is CC(=O)N1CC2CN(Cc3ccccc3Cl)CC2C1. The van der Waals surface area contributed by atoms with E-state index in [2.05, 4.69) is 11.0 Å². The number of likely N-dealkylation sites (tertiary alicyclic amines) is 2. The molecule has 2 fully saturated rings. The average molecular weight is 279 g/mol. The Labute approximate surface area is 119 Å². The second kappa shape index (κ2) is 5.14. The number of benzene rings is 1. The summed E-state index contributed by atoms with van der Waals surface area (Å²) in [6.07, 6.45) is 0. The molecule has 2 aliphatic rings. The standard InChI is InChI=1S/C15H19ClN2O/c1-11(19)18-9-13-7-17(8-14(13)10-18)6-12-4-2-3-5-15(12)16/h2-5,13-14H,6-10H2,1H3. The first kappa shape index (κ1) is 12.9. The van der Waals surface area contributed by atoms with Crippen LogP contribution in [0.3, 0.4) is 0 Å². The van der Waals surface area contributed by atoms with Gasteiger partial charge in [-0.2, -0.15) is 0 Å². The van der Waals surface area contributed by atoms with Crippen LogP contribution in [0.25, 0.3) is 0 Å². The summed E-state index contributed by atoms with van der Waals surface area (Å²) in [5.74, 6) is 1.50. The first-order valence-corrected chi connectivity index (χ1v) is 7.22. The lowest BCUT2D eigenvalue weighted by Gasteiger charge is -2.21. The van der Waals surface area contributed by atoms with Crippen LogP contribution in [0.2, 0.25) is 5.02 Å². The van der Waals surface area contributed by atoms with Crippen molar-refractivity contribution in [2.75, 3.05) is 26.2 Å². The molecule has 0 bridgehead atoms. The lowest BCUT2D eigenvalue weighted by Crippen LogP contribution is -2.31. The summed E-state index contributed by atoms with van der Waals surface area (Å²) in [6, 6.07) is 8.05. The highest BCUT2D eigenvalue weighted by Gasteiger charge is 2.40. The minimum atomic E-state index is 0.215. The Kier molecular flexibility index (Phi) is 3.50. The van der Waals surface area contributed by atoms with Crippen molar-refractivity contribution >= 4 is 17.5 Å². The van der Waals surface area contributed by atoms with Crippen LogP contribution < -0.4 is 0 Å². The van der Waals surface area contributed by atoms with Gasteiger partial charge in [0, 0.05) is 44.7 Å². The minimum absolute atomic E-state index is 0.215. The van der Waals surface area contributed by atoms with Crippen LogP contribution in [0.15, 0.2) is 24.3 Å². The van der Waals surface area contributed by atoms with Gasteiger partial charge in [0.1, 0.15) is 0 Å². The Hall–Kier alpha value is -1.06. The summed E-state index contributed by atoms with van der Waals surface area (Å²) >= 11 is 6.21. The van der Waals surface area contributed by atoms with Gasteiger partial charge in [0.25, 0.3) is 0 Å². The van der Waals surface area contributed by atoms with Gasteiger partial charge in [-0.1, -0.05) is 29.8 Å². The number of amides is 1. The average Bonchev–Trinajstić information content (AvgIpc) is 2.90. The van der Waals surface area contributed by atoms with Gasteiger partial charge in [-0.15, -0.1) is 0 Å². The van der Waals surface area contributed by atoms with E-state index in [9.17, 15) is 4.79 Å². The van der Waals surface area contributed by atoms with Crippen molar-refractivity contribution in [3.05, 3.63) is 34.9 Å². The summed E-state index contributed by atoms with van der Waals surface area (Å²) in [7, 11) is 0. The third-order valence-electron chi connectivity index (χ3n) is 4.36. The molecule has 3 rings (SSSR count). The molecule has 0 spiro atoms. The number of hydrogen-bond donors (Lipinski definition) is 0. The number of nitrogens with zero attached hydrogens (tertiary/aromatic N) is 2. The van der Waals surface area contributed by atoms with Crippen LogP contribution in [-0.4, -0.2) is 41.9 Å². The highest BCUT2D eigenvalue weighted by Crippen LogP contribution is 2.32. The number of carbonyl (C=O) groups is 1. The molecule has 19 heavy (non-hydrogen) atoms. The summed E-state index contributed by atoms with van der Waals surface area (Å²) < 4.78 is 0. The molecule has 0 N–H and O–H groups in total. The maximum absolute atomic E-state index is 11.4. The van der Waals surface area contributed by atoms with Crippen LogP contribution in [0.1, 0.15) is 12.5 Å². The molecule has 2 aliphatic heterocycles. The molecule has 2 heterocycles. The minimum Gasteiger partial charge on any atom is -0.342 e. The number of halogens is 1. The van der Waals surface area contributed by atoms with E-state index in [1.807, 2.05) is 23.1 Å². The summed E-state index contributed by atoms with van der Waals surface area (Å²) in [4.78, 5) is 15.8. The van der Waals surface area contributed by atoms with Crippen molar-refractivity contribution < 1.29 is 4.79 Å². The Morgan fingerprint density at radius 2 is 1.84 bits per heavy atom. The Balaban J connectivity index is 1.60. The van der Waals surface area contributed by atoms with Gasteiger partial charge < -0.3 is 4.90 Å². The quantitative estimate of drug-likeness (QED) is 0.828. The van der Waals surface area contributed by atoms with Crippen molar-refractivity contribution in [1.82, 2.24) is 9.80 Å². The number of carbonyl (C=O) groups excluding carboxylic acids is 1. The lowest BCUT2D eigenvalue weighted by molar-refractivity contribution is -0.128. The van der Waals surface area contributed by atoms with Gasteiger partial charge in [-0.05, 0) is 23.5 Å². The number of fused-ring (bicyclic) bond motifs is 1. The Bertz CT molecular complexity index is 477. The van der Waals surface area contributed by atoms with Crippen molar-refractivity contribution in [3.63, 3.8) is 0 Å². The van der Waals surface area contributed by atoms with E-state index in [-0.39, 0.29) is 5.91 Å². The highest BCUT2D eigenvalue weighted by atomic mass is 35.5. The van der Waals surface area contributed by atoms with E-state index < -0.39 is 0 Å². The van der Waals surface area contributed by atoms with Gasteiger partial charge in [-0.3, -0.25) is 9.69 Å². The molecule has 0 saturated carbocycles.